The average Bonchev–Trinajstić information content (AvgIpc) is 3.47. The number of carbonyl (C=O) groups is 2. The lowest BCUT2D eigenvalue weighted by Gasteiger charge is -2.19. The zero-order chi connectivity index (χ0) is 27.7. The maximum Gasteiger partial charge on any atom is 0.338 e. The molecular formula is C27H26IN5O6. The normalized spacial score (nSPS) is 18.7. The standard InChI is InChI=1S/C27H26IN5O6/c1-14-4-8-16(9-5-14)25(34)37-13-19-18(39-26(35)17-10-6-15(2)7-11-17)12-20(38-19)33-23-21(22(28)32-33)24(36-3)31-27(29)30-23/h4-11,18-20H,12-13H2,1-3H3,(H2,29,30,31)/t18-,19+,20+/m0/s1. The van der Waals surface area contributed by atoms with Gasteiger partial charge in [-0.1, -0.05) is 35.4 Å². The topological polar surface area (TPSA) is 141 Å². The zero-order valence-electron chi connectivity index (χ0n) is 21.5. The Balaban J connectivity index is 1.41. The first-order chi connectivity index (χ1) is 18.7. The molecule has 0 spiro atoms. The molecule has 0 unspecified atom stereocenters. The third-order valence-corrected chi connectivity index (χ3v) is 7.11. The third-order valence-electron chi connectivity index (χ3n) is 6.35. The smallest absolute Gasteiger partial charge is 0.338 e. The minimum absolute atomic E-state index is 0.0147. The molecule has 4 aromatic rings. The van der Waals surface area contributed by atoms with Gasteiger partial charge in [0.1, 0.15) is 27.9 Å². The van der Waals surface area contributed by atoms with Crippen molar-refractivity contribution >= 4 is 51.5 Å². The molecule has 2 N–H and O–H groups in total. The minimum Gasteiger partial charge on any atom is -0.480 e. The van der Waals surface area contributed by atoms with Crippen molar-refractivity contribution in [1.82, 2.24) is 19.7 Å². The summed E-state index contributed by atoms with van der Waals surface area (Å²) in [6.45, 7) is 3.73. The Kier molecular flexibility index (Phi) is 7.66. The van der Waals surface area contributed by atoms with E-state index < -0.39 is 30.4 Å². The van der Waals surface area contributed by atoms with Crippen LogP contribution in [0.15, 0.2) is 48.5 Å². The predicted octanol–water partition coefficient (Wildman–Crippen LogP) is 4.01. The van der Waals surface area contributed by atoms with Crippen molar-refractivity contribution in [3.63, 3.8) is 0 Å². The molecule has 3 atom stereocenters. The van der Waals surface area contributed by atoms with Crippen LogP contribution in [0.3, 0.4) is 0 Å². The summed E-state index contributed by atoms with van der Waals surface area (Å²) in [7, 11) is 1.49. The summed E-state index contributed by atoms with van der Waals surface area (Å²) < 4.78 is 25.2. The number of halogens is 1. The number of hydrogen-bond acceptors (Lipinski definition) is 10. The summed E-state index contributed by atoms with van der Waals surface area (Å²) in [6, 6.07) is 14.1. The van der Waals surface area contributed by atoms with Gasteiger partial charge in [-0.25, -0.2) is 14.3 Å². The van der Waals surface area contributed by atoms with Crippen LogP contribution in [0.2, 0.25) is 0 Å². The van der Waals surface area contributed by atoms with Crippen LogP contribution in [-0.4, -0.2) is 57.6 Å². The molecule has 0 bridgehead atoms. The van der Waals surface area contributed by atoms with E-state index in [2.05, 4.69) is 37.7 Å². The molecule has 1 saturated heterocycles. The fraction of sp³-hybridized carbons (Fsp3) is 0.296. The molecule has 11 nitrogen and oxygen atoms in total. The van der Waals surface area contributed by atoms with Crippen molar-refractivity contribution in [2.24, 2.45) is 0 Å². The summed E-state index contributed by atoms with van der Waals surface area (Å²) in [5.74, 6) is -0.708. The van der Waals surface area contributed by atoms with Crippen molar-refractivity contribution in [3.05, 3.63) is 74.5 Å². The lowest BCUT2D eigenvalue weighted by atomic mass is 10.1. The molecule has 0 saturated carbocycles. The molecule has 12 heteroatoms. The lowest BCUT2D eigenvalue weighted by molar-refractivity contribution is -0.0591. The van der Waals surface area contributed by atoms with E-state index in [1.54, 1.807) is 28.9 Å². The Morgan fingerprint density at radius 3 is 2.26 bits per heavy atom. The Morgan fingerprint density at radius 1 is 1.03 bits per heavy atom. The van der Waals surface area contributed by atoms with Gasteiger partial charge in [-0.2, -0.15) is 15.1 Å². The van der Waals surface area contributed by atoms with E-state index in [9.17, 15) is 9.59 Å². The minimum atomic E-state index is -0.753. The van der Waals surface area contributed by atoms with Gasteiger partial charge in [0.2, 0.25) is 11.8 Å². The van der Waals surface area contributed by atoms with Gasteiger partial charge in [0.05, 0.1) is 18.2 Å². The number of carbonyl (C=O) groups excluding carboxylic acids is 2. The summed E-state index contributed by atoms with van der Waals surface area (Å²) in [5, 5.41) is 5.16. The van der Waals surface area contributed by atoms with Crippen LogP contribution in [0.5, 0.6) is 5.88 Å². The highest BCUT2D eigenvalue weighted by molar-refractivity contribution is 14.1. The van der Waals surface area contributed by atoms with Crippen LogP contribution in [0, 0.1) is 17.5 Å². The Hall–Kier alpha value is -3.78. The first-order valence-corrected chi connectivity index (χ1v) is 13.2. The van der Waals surface area contributed by atoms with E-state index in [4.69, 9.17) is 24.7 Å². The monoisotopic (exact) mass is 643 g/mol. The van der Waals surface area contributed by atoms with Gasteiger partial charge in [0.15, 0.2) is 11.9 Å². The molecule has 0 radical (unpaired) electrons. The van der Waals surface area contributed by atoms with E-state index in [0.717, 1.165) is 11.1 Å². The number of fused-ring (bicyclic) bond motifs is 1. The number of methoxy groups -OCH3 is 1. The van der Waals surface area contributed by atoms with Gasteiger partial charge >= 0.3 is 11.9 Å². The van der Waals surface area contributed by atoms with E-state index in [1.807, 2.05) is 38.1 Å². The SMILES string of the molecule is COc1nc(N)nc2c1c(I)nn2[C@H]1C[C@H](OC(=O)c2ccc(C)cc2)[C@@H](COC(=O)c2ccc(C)cc2)O1. The van der Waals surface area contributed by atoms with E-state index in [1.165, 1.54) is 7.11 Å². The molecule has 1 aliphatic heterocycles. The maximum absolute atomic E-state index is 13.0. The van der Waals surface area contributed by atoms with Crippen molar-refractivity contribution in [3.8, 4) is 5.88 Å². The van der Waals surface area contributed by atoms with Crippen molar-refractivity contribution in [2.45, 2.75) is 38.7 Å². The van der Waals surface area contributed by atoms with Crippen LogP contribution in [0.1, 0.15) is 44.5 Å². The summed E-state index contributed by atoms with van der Waals surface area (Å²) >= 11 is 2.06. The van der Waals surface area contributed by atoms with Crippen molar-refractivity contribution in [2.75, 3.05) is 19.5 Å². The van der Waals surface area contributed by atoms with Gasteiger partial charge < -0.3 is 24.7 Å². The van der Waals surface area contributed by atoms with Crippen LogP contribution >= 0.6 is 22.6 Å². The second-order valence-electron chi connectivity index (χ2n) is 9.16. The van der Waals surface area contributed by atoms with Crippen molar-refractivity contribution < 1.29 is 28.5 Å². The number of ether oxygens (including phenoxy) is 4. The number of nitrogens with two attached hydrogens (primary N) is 1. The highest BCUT2D eigenvalue weighted by atomic mass is 127. The van der Waals surface area contributed by atoms with Gasteiger partial charge in [-0.05, 0) is 60.7 Å². The first kappa shape index (κ1) is 26.8. The fourth-order valence-corrected chi connectivity index (χ4v) is 4.99. The molecule has 1 fully saturated rings. The molecule has 202 valence electrons. The number of benzene rings is 2. The van der Waals surface area contributed by atoms with Crippen LogP contribution in [0.25, 0.3) is 11.0 Å². The van der Waals surface area contributed by atoms with Crippen molar-refractivity contribution in [1.29, 1.82) is 0 Å². The van der Waals surface area contributed by atoms with E-state index in [0.29, 0.717) is 25.9 Å². The third kappa shape index (κ3) is 5.66. The number of rotatable bonds is 7. The van der Waals surface area contributed by atoms with E-state index >= 15 is 0 Å². The highest BCUT2D eigenvalue weighted by Gasteiger charge is 2.41. The van der Waals surface area contributed by atoms with Gasteiger partial charge in [-0.3, -0.25) is 0 Å². The number of nitrogens with zero attached hydrogens (tertiary/aromatic N) is 4. The van der Waals surface area contributed by atoms with Gasteiger partial charge in [-0.15, -0.1) is 0 Å². The average molecular weight is 643 g/mol. The second kappa shape index (κ2) is 11.1. The van der Waals surface area contributed by atoms with Gasteiger partial charge in [0, 0.05) is 6.42 Å². The number of anilines is 1. The maximum atomic E-state index is 13.0. The summed E-state index contributed by atoms with van der Waals surface area (Å²) in [6.07, 6.45) is -1.93. The van der Waals surface area contributed by atoms with E-state index in [-0.39, 0.29) is 24.9 Å². The molecule has 0 aliphatic carbocycles. The molecule has 0 amide bonds. The highest BCUT2D eigenvalue weighted by Crippen LogP contribution is 2.36. The number of hydrogen-bond donors (Lipinski definition) is 1. The number of esters is 2. The summed E-state index contributed by atoms with van der Waals surface area (Å²) in [4.78, 5) is 34.1. The Labute approximate surface area is 237 Å². The Morgan fingerprint density at radius 2 is 1.64 bits per heavy atom. The second-order valence-corrected chi connectivity index (χ2v) is 10.2. The first-order valence-electron chi connectivity index (χ1n) is 12.2. The predicted molar refractivity (Wildman–Crippen MR) is 149 cm³/mol. The number of nitrogen functional groups attached to an aromatic ring is 1. The molecule has 1 aliphatic rings. The van der Waals surface area contributed by atoms with Crippen LogP contribution < -0.4 is 10.5 Å². The zero-order valence-corrected chi connectivity index (χ0v) is 23.6. The van der Waals surface area contributed by atoms with Crippen LogP contribution in [-0.2, 0) is 14.2 Å². The molecule has 2 aromatic carbocycles. The summed E-state index contributed by atoms with van der Waals surface area (Å²) in [5.41, 5.74) is 9.18. The largest absolute Gasteiger partial charge is 0.480 e. The number of aryl methyl sites for hydroxylation is 2. The molecule has 3 heterocycles. The van der Waals surface area contributed by atoms with Gasteiger partial charge in [0.25, 0.3) is 0 Å². The quantitative estimate of drug-likeness (QED) is 0.232. The lowest BCUT2D eigenvalue weighted by Crippen LogP contribution is -2.32. The Bertz CT molecular complexity index is 1520. The number of aromatic nitrogens is 4. The molecule has 2 aromatic heterocycles. The molecule has 39 heavy (non-hydrogen) atoms. The molecule has 5 rings (SSSR count). The van der Waals surface area contributed by atoms with Crippen LogP contribution in [0.4, 0.5) is 5.95 Å². The fourth-order valence-electron chi connectivity index (χ4n) is 4.28. The molecular weight excluding hydrogens is 617 g/mol.